The van der Waals surface area contributed by atoms with Gasteiger partial charge in [0.2, 0.25) is 0 Å². The Bertz CT molecular complexity index is 96.0. The molecule has 0 N–H and O–H groups in total. The van der Waals surface area contributed by atoms with E-state index in [1.807, 2.05) is 6.92 Å². The molecule has 0 aliphatic heterocycles. The number of hydrogen-bond acceptors (Lipinski definition) is 0. The fourth-order valence-corrected chi connectivity index (χ4v) is 0.864. The molecule has 3 heteroatoms. The Hall–Kier alpha value is -0.210. The van der Waals surface area contributed by atoms with Crippen molar-refractivity contribution in [3.63, 3.8) is 0 Å². The third kappa shape index (κ3) is 5.10. The summed E-state index contributed by atoms with van der Waals surface area (Å²) in [5.74, 6) is -1.13. The van der Waals surface area contributed by atoms with Crippen molar-refractivity contribution in [1.82, 2.24) is 0 Å². The third-order valence-corrected chi connectivity index (χ3v) is 1.80. The van der Waals surface area contributed by atoms with Crippen LogP contribution >= 0.6 is 0 Å². The molecule has 0 fully saturated rings. The minimum Gasteiger partial charge on any atom is -0.171 e. The topological polar surface area (TPSA) is 0 Å². The molecule has 1 atom stereocenters. The van der Waals surface area contributed by atoms with Gasteiger partial charge in [-0.1, -0.05) is 33.1 Å². The Morgan fingerprint density at radius 1 is 1.18 bits per heavy atom. The average Bonchev–Trinajstić information content (AvgIpc) is 1.86. The zero-order valence-electron chi connectivity index (χ0n) is 7.04. The van der Waals surface area contributed by atoms with E-state index in [-0.39, 0.29) is 6.42 Å². The van der Waals surface area contributed by atoms with Crippen LogP contribution in [-0.4, -0.2) is 6.18 Å². The van der Waals surface area contributed by atoms with E-state index in [4.69, 9.17) is 0 Å². The summed E-state index contributed by atoms with van der Waals surface area (Å²) in [6.45, 7) is 3.23. The lowest BCUT2D eigenvalue weighted by Crippen LogP contribution is -2.19. The van der Waals surface area contributed by atoms with Crippen LogP contribution in [-0.2, 0) is 0 Å². The first kappa shape index (κ1) is 10.8. The quantitative estimate of drug-likeness (QED) is 0.560. The van der Waals surface area contributed by atoms with Gasteiger partial charge in [-0.15, -0.1) is 0 Å². The number of halogens is 3. The average molecular weight is 168 g/mol. The van der Waals surface area contributed by atoms with Crippen LogP contribution in [0.3, 0.4) is 0 Å². The van der Waals surface area contributed by atoms with Crippen molar-refractivity contribution in [2.45, 2.75) is 45.7 Å². The van der Waals surface area contributed by atoms with Gasteiger partial charge in [-0.25, -0.2) is 0 Å². The van der Waals surface area contributed by atoms with Gasteiger partial charge in [0.05, 0.1) is 5.92 Å². The van der Waals surface area contributed by atoms with Crippen molar-refractivity contribution in [2.24, 2.45) is 5.92 Å². The summed E-state index contributed by atoms with van der Waals surface area (Å²) in [6.07, 6.45) is -1.15. The Morgan fingerprint density at radius 3 is 2.09 bits per heavy atom. The van der Waals surface area contributed by atoms with E-state index in [9.17, 15) is 13.2 Å². The molecule has 0 nitrogen and oxygen atoms in total. The SMILES string of the molecule is CCCCCC(C)C(F)(F)F. The Balaban J connectivity index is 3.44. The molecule has 0 spiro atoms. The molecule has 0 aromatic carbocycles. The molecule has 0 aromatic heterocycles. The van der Waals surface area contributed by atoms with Crippen molar-refractivity contribution in [1.29, 1.82) is 0 Å². The van der Waals surface area contributed by atoms with E-state index < -0.39 is 12.1 Å². The first-order valence-electron chi connectivity index (χ1n) is 4.05. The smallest absolute Gasteiger partial charge is 0.171 e. The molecule has 0 aliphatic carbocycles. The molecule has 0 saturated carbocycles. The minimum absolute atomic E-state index is 0.275. The van der Waals surface area contributed by atoms with Gasteiger partial charge in [-0.05, 0) is 6.42 Å². The van der Waals surface area contributed by atoms with E-state index >= 15 is 0 Å². The van der Waals surface area contributed by atoms with Crippen molar-refractivity contribution in [2.75, 3.05) is 0 Å². The van der Waals surface area contributed by atoms with Gasteiger partial charge in [-0.3, -0.25) is 0 Å². The standard InChI is InChI=1S/C8H15F3/c1-3-4-5-6-7(2)8(9,10)11/h7H,3-6H2,1-2H3. The highest BCUT2D eigenvalue weighted by atomic mass is 19.4. The maximum atomic E-state index is 11.9. The van der Waals surface area contributed by atoms with Crippen molar-refractivity contribution < 1.29 is 13.2 Å². The van der Waals surface area contributed by atoms with Crippen LogP contribution < -0.4 is 0 Å². The van der Waals surface area contributed by atoms with E-state index in [0.29, 0.717) is 6.42 Å². The first-order valence-corrected chi connectivity index (χ1v) is 4.05. The monoisotopic (exact) mass is 168 g/mol. The van der Waals surface area contributed by atoms with Crippen LogP contribution in [0.5, 0.6) is 0 Å². The molecule has 0 aliphatic rings. The molecule has 11 heavy (non-hydrogen) atoms. The summed E-state index contributed by atoms with van der Waals surface area (Å²) in [7, 11) is 0. The lowest BCUT2D eigenvalue weighted by Gasteiger charge is -2.14. The second kappa shape index (κ2) is 4.62. The highest BCUT2D eigenvalue weighted by molar-refractivity contribution is 4.61. The van der Waals surface area contributed by atoms with Crippen molar-refractivity contribution >= 4 is 0 Å². The Kier molecular flexibility index (Phi) is 4.54. The summed E-state index contributed by atoms with van der Waals surface area (Å²) < 4.78 is 35.6. The largest absolute Gasteiger partial charge is 0.391 e. The minimum atomic E-state index is -3.99. The highest BCUT2D eigenvalue weighted by Gasteiger charge is 2.34. The van der Waals surface area contributed by atoms with E-state index in [1.54, 1.807) is 0 Å². The predicted octanol–water partition coefficient (Wildman–Crippen LogP) is 3.77. The van der Waals surface area contributed by atoms with Crippen LogP contribution in [0.1, 0.15) is 39.5 Å². The van der Waals surface area contributed by atoms with Crippen LogP contribution in [0, 0.1) is 5.92 Å². The van der Waals surface area contributed by atoms with Crippen LogP contribution in [0.25, 0.3) is 0 Å². The number of hydrogen-bond donors (Lipinski definition) is 0. The molecule has 0 saturated heterocycles. The molecule has 68 valence electrons. The molecular formula is C8H15F3. The van der Waals surface area contributed by atoms with E-state index in [2.05, 4.69) is 0 Å². The number of unbranched alkanes of at least 4 members (excludes halogenated alkanes) is 2. The second-order valence-electron chi connectivity index (χ2n) is 2.94. The van der Waals surface area contributed by atoms with Crippen LogP contribution in [0.2, 0.25) is 0 Å². The van der Waals surface area contributed by atoms with Crippen LogP contribution in [0.4, 0.5) is 13.2 Å². The number of rotatable bonds is 4. The van der Waals surface area contributed by atoms with Gasteiger partial charge in [-0.2, -0.15) is 13.2 Å². The lowest BCUT2D eigenvalue weighted by atomic mass is 10.0. The van der Waals surface area contributed by atoms with Crippen molar-refractivity contribution in [3.05, 3.63) is 0 Å². The van der Waals surface area contributed by atoms with Gasteiger partial charge in [0, 0.05) is 0 Å². The van der Waals surface area contributed by atoms with Gasteiger partial charge in [0.25, 0.3) is 0 Å². The van der Waals surface area contributed by atoms with Gasteiger partial charge in [0.1, 0.15) is 0 Å². The molecule has 0 heterocycles. The molecule has 0 radical (unpaired) electrons. The summed E-state index contributed by atoms with van der Waals surface area (Å²) >= 11 is 0. The van der Waals surface area contributed by atoms with Crippen molar-refractivity contribution in [3.8, 4) is 0 Å². The maximum Gasteiger partial charge on any atom is 0.391 e. The molecule has 0 amide bonds. The van der Waals surface area contributed by atoms with Gasteiger partial charge in [0.15, 0.2) is 0 Å². The number of alkyl halides is 3. The van der Waals surface area contributed by atoms with Crippen LogP contribution in [0.15, 0.2) is 0 Å². The third-order valence-electron chi connectivity index (χ3n) is 1.80. The summed E-state index contributed by atoms with van der Waals surface area (Å²) in [5, 5.41) is 0. The van der Waals surface area contributed by atoms with E-state index in [1.165, 1.54) is 6.92 Å². The zero-order chi connectivity index (χ0) is 8.91. The zero-order valence-corrected chi connectivity index (χ0v) is 7.04. The predicted molar refractivity (Wildman–Crippen MR) is 39.4 cm³/mol. The van der Waals surface area contributed by atoms with Gasteiger partial charge < -0.3 is 0 Å². The van der Waals surface area contributed by atoms with E-state index in [0.717, 1.165) is 12.8 Å². The summed E-state index contributed by atoms with van der Waals surface area (Å²) in [4.78, 5) is 0. The molecule has 1 unspecified atom stereocenters. The normalized spacial score (nSPS) is 15.0. The first-order chi connectivity index (χ1) is 4.98. The Morgan fingerprint density at radius 2 is 1.73 bits per heavy atom. The molecule has 0 bridgehead atoms. The second-order valence-corrected chi connectivity index (χ2v) is 2.94. The molecule has 0 rings (SSSR count). The van der Waals surface area contributed by atoms with Gasteiger partial charge >= 0.3 is 6.18 Å². The summed E-state index contributed by atoms with van der Waals surface area (Å²) in [6, 6.07) is 0. The molecular weight excluding hydrogens is 153 g/mol. The summed E-state index contributed by atoms with van der Waals surface area (Å²) in [5.41, 5.74) is 0. The Labute approximate surface area is 65.8 Å². The fraction of sp³-hybridized carbons (Fsp3) is 1.00. The fourth-order valence-electron chi connectivity index (χ4n) is 0.864. The maximum absolute atomic E-state index is 11.9. The lowest BCUT2D eigenvalue weighted by molar-refractivity contribution is -0.171. The molecule has 0 aromatic rings. The highest BCUT2D eigenvalue weighted by Crippen LogP contribution is 2.29.